The van der Waals surface area contributed by atoms with Crippen LogP contribution in [0.4, 0.5) is 0 Å². The highest BCUT2D eigenvalue weighted by atomic mass is 16.4. The lowest BCUT2D eigenvalue weighted by Gasteiger charge is -2.10. The van der Waals surface area contributed by atoms with Gasteiger partial charge in [-0.15, -0.1) is 5.10 Å². The molecule has 0 spiro atoms. The van der Waals surface area contributed by atoms with Gasteiger partial charge in [-0.2, -0.15) is 0 Å². The van der Waals surface area contributed by atoms with Crippen molar-refractivity contribution in [2.75, 3.05) is 0 Å². The Kier molecular flexibility index (Phi) is 3.64. The summed E-state index contributed by atoms with van der Waals surface area (Å²) in [6.45, 7) is 7.06. The molecular weight excluding hydrogens is 246 g/mol. The molecule has 0 unspecified atom stereocenters. The first-order valence-corrected chi connectivity index (χ1v) is 6.15. The van der Waals surface area contributed by atoms with Crippen LogP contribution in [0.5, 0.6) is 0 Å². The summed E-state index contributed by atoms with van der Waals surface area (Å²) >= 11 is 0. The van der Waals surface area contributed by atoms with Crippen LogP contribution in [0, 0.1) is 6.92 Å². The highest BCUT2D eigenvalue weighted by molar-refractivity contribution is 5.86. The third kappa shape index (κ3) is 2.64. The third-order valence-electron chi connectivity index (χ3n) is 3.00. The highest BCUT2D eigenvalue weighted by Crippen LogP contribution is 2.17. The zero-order valence-corrected chi connectivity index (χ0v) is 11.2. The van der Waals surface area contributed by atoms with Gasteiger partial charge in [0.05, 0.1) is 12.2 Å². The maximum absolute atomic E-state index is 11.1. The van der Waals surface area contributed by atoms with Gasteiger partial charge in [0.2, 0.25) is 0 Å². The van der Waals surface area contributed by atoms with E-state index in [-0.39, 0.29) is 11.6 Å². The molecule has 0 aromatic carbocycles. The Morgan fingerprint density at radius 2 is 2.16 bits per heavy atom. The number of carboxylic acids is 1. The molecule has 7 nitrogen and oxygen atoms in total. The van der Waals surface area contributed by atoms with E-state index in [0.717, 1.165) is 5.82 Å². The first-order chi connectivity index (χ1) is 9.00. The van der Waals surface area contributed by atoms with Gasteiger partial charge in [-0.1, -0.05) is 19.1 Å². The average Bonchev–Trinajstić information content (AvgIpc) is 2.92. The molecule has 0 aliphatic rings. The Bertz CT molecular complexity index is 585. The second-order valence-corrected chi connectivity index (χ2v) is 4.67. The van der Waals surface area contributed by atoms with E-state index in [4.69, 9.17) is 5.11 Å². The molecular formula is C12H17N5O2. The van der Waals surface area contributed by atoms with Gasteiger partial charge in [-0.25, -0.2) is 14.5 Å². The van der Waals surface area contributed by atoms with Gasteiger partial charge >= 0.3 is 5.97 Å². The Hall–Kier alpha value is -2.18. The van der Waals surface area contributed by atoms with Crippen LogP contribution in [0.2, 0.25) is 0 Å². The maximum Gasteiger partial charge on any atom is 0.358 e. The monoisotopic (exact) mass is 263 g/mol. The van der Waals surface area contributed by atoms with E-state index in [1.165, 1.54) is 0 Å². The molecule has 2 heterocycles. The number of aromatic nitrogens is 5. The fourth-order valence-corrected chi connectivity index (χ4v) is 2.05. The van der Waals surface area contributed by atoms with Crippen molar-refractivity contribution in [2.24, 2.45) is 0 Å². The normalized spacial score (nSPS) is 11.2. The quantitative estimate of drug-likeness (QED) is 0.878. The summed E-state index contributed by atoms with van der Waals surface area (Å²) in [6.07, 6.45) is 3.63. The molecule has 2 rings (SSSR count). The van der Waals surface area contributed by atoms with E-state index in [9.17, 15) is 4.79 Å². The molecule has 0 amide bonds. The molecule has 102 valence electrons. The summed E-state index contributed by atoms with van der Waals surface area (Å²) in [4.78, 5) is 15.2. The van der Waals surface area contributed by atoms with Crippen LogP contribution in [-0.2, 0) is 13.1 Å². The van der Waals surface area contributed by atoms with Crippen molar-refractivity contribution in [1.82, 2.24) is 24.5 Å². The Morgan fingerprint density at radius 1 is 1.42 bits per heavy atom. The summed E-state index contributed by atoms with van der Waals surface area (Å²) in [5, 5.41) is 16.8. The van der Waals surface area contributed by atoms with E-state index < -0.39 is 5.97 Å². The second-order valence-electron chi connectivity index (χ2n) is 4.67. The molecule has 0 fully saturated rings. The molecule has 0 radical (unpaired) electrons. The minimum absolute atomic E-state index is 0.0392. The molecule has 19 heavy (non-hydrogen) atoms. The van der Waals surface area contributed by atoms with Crippen LogP contribution in [0.25, 0.3) is 0 Å². The Balaban J connectivity index is 2.21. The summed E-state index contributed by atoms with van der Waals surface area (Å²) in [7, 11) is 0. The predicted molar refractivity (Wildman–Crippen MR) is 68.0 cm³/mol. The van der Waals surface area contributed by atoms with E-state index in [0.29, 0.717) is 18.8 Å². The molecule has 1 N–H and O–H groups in total. The predicted octanol–water partition coefficient (Wildman–Crippen LogP) is 1.30. The number of hydrogen-bond donors (Lipinski definition) is 1. The highest BCUT2D eigenvalue weighted by Gasteiger charge is 2.21. The van der Waals surface area contributed by atoms with E-state index in [1.54, 1.807) is 10.9 Å². The van der Waals surface area contributed by atoms with Crippen molar-refractivity contribution in [3.05, 3.63) is 29.6 Å². The van der Waals surface area contributed by atoms with Gasteiger partial charge < -0.3 is 9.67 Å². The third-order valence-corrected chi connectivity index (χ3v) is 3.00. The van der Waals surface area contributed by atoms with Crippen molar-refractivity contribution >= 4 is 5.97 Å². The molecule has 0 aliphatic carbocycles. The summed E-state index contributed by atoms with van der Waals surface area (Å²) < 4.78 is 3.65. The molecule has 2 aromatic heterocycles. The van der Waals surface area contributed by atoms with Gasteiger partial charge in [-0.05, 0) is 12.8 Å². The fraction of sp³-hybridized carbons (Fsp3) is 0.500. The average molecular weight is 263 g/mol. The number of aromatic carboxylic acids is 1. The second kappa shape index (κ2) is 5.21. The smallest absolute Gasteiger partial charge is 0.358 e. The van der Waals surface area contributed by atoms with Crippen LogP contribution in [0.15, 0.2) is 12.4 Å². The standard InChI is InChI=1S/C12H17N5O2/c1-8(2)11-10(12(18)19)14-15-17(11)7-6-16-5-4-13-9(16)3/h4-5,8H,6-7H2,1-3H3,(H,18,19). The first kappa shape index (κ1) is 13.3. The van der Waals surface area contributed by atoms with Gasteiger partial charge in [0, 0.05) is 18.9 Å². The Labute approximate surface area is 110 Å². The van der Waals surface area contributed by atoms with Crippen molar-refractivity contribution in [1.29, 1.82) is 0 Å². The Morgan fingerprint density at radius 3 is 2.68 bits per heavy atom. The van der Waals surface area contributed by atoms with Crippen molar-refractivity contribution in [3.8, 4) is 0 Å². The van der Waals surface area contributed by atoms with E-state index in [2.05, 4.69) is 15.3 Å². The number of nitrogens with zero attached hydrogens (tertiary/aromatic N) is 5. The SMILES string of the molecule is Cc1nccn1CCn1nnc(C(=O)O)c1C(C)C. The van der Waals surface area contributed by atoms with E-state index >= 15 is 0 Å². The van der Waals surface area contributed by atoms with E-state index in [1.807, 2.05) is 31.5 Å². The lowest BCUT2D eigenvalue weighted by atomic mass is 10.1. The maximum atomic E-state index is 11.1. The van der Waals surface area contributed by atoms with Crippen LogP contribution < -0.4 is 0 Å². The van der Waals surface area contributed by atoms with Crippen LogP contribution in [0.1, 0.15) is 41.8 Å². The van der Waals surface area contributed by atoms with Crippen LogP contribution >= 0.6 is 0 Å². The molecule has 0 aliphatic heterocycles. The number of rotatable bonds is 5. The summed E-state index contributed by atoms with van der Waals surface area (Å²) in [5.74, 6) is -0.0524. The number of imidazole rings is 1. The molecule has 7 heteroatoms. The van der Waals surface area contributed by atoms with Crippen molar-refractivity contribution in [3.63, 3.8) is 0 Å². The lowest BCUT2D eigenvalue weighted by Crippen LogP contribution is -2.14. The zero-order chi connectivity index (χ0) is 14.0. The number of carboxylic acid groups (broad SMARTS) is 1. The fourth-order valence-electron chi connectivity index (χ4n) is 2.05. The van der Waals surface area contributed by atoms with Crippen LogP contribution in [0.3, 0.4) is 0 Å². The van der Waals surface area contributed by atoms with Crippen molar-refractivity contribution in [2.45, 2.75) is 39.8 Å². The van der Waals surface area contributed by atoms with Gasteiger partial charge in [-0.3, -0.25) is 0 Å². The first-order valence-electron chi connectivity index (χ1n) is 6.15. The topological polar surface area (TPSA) is 85.8 Å². The van der Waals surface area contributed by atoms with Gasteiger partial charge in [0.1, 0.15) is 5.82 Å². The molecule has 0 bridgehead atoms. The minimum Gasteiger partial charge on any atom is -0.476 e. The minimum atomic E-state index is -1.03. The number of aryl methyl sites for hydroxylation is 3. The largest absolute Gasteiger partial charge is 0.476 e. The molecule has 0 saturated heterocycles. The van der Waals surface area contributed by atoms with Crippen LogP contribution in [-0.4, -0.2) is 35.6 Å². The lowest BCUT2D eigenvalue weighted by molar-refractivity contribution is 0.0688. The van der Waals surface area contributed by atoms with Gasteiger partial charge in [0.25, 0.3) is 0 Å². The summed E-state index contributed by atoms with van der Waals surface area (Å²) in [6, 6.07) is 0. The number of hydrogen-bond acceptors (Lipinski definition) is 4. The molecule has 0 saturated carbocycles. The van der Waals surface area contributed by atoms with Crippen molar-refractivity contribution < 1.29 is 9.90 Å². The number of carbonyl (C=O) groups is 1. The molecule has 2 aromatic rings. The molecule has 0 atom stereocenters. The summed E-state index contributed by atoms with van der Waals surface area (Å²) in [5.41, 5.74) is 0.697. The zero-order valence-electron chi connectivity index (χ0n) is 11.2. The van der Waals surface area contributed by atoms with Gasteiger partial charge in [0.15, 0.2) is 5.69 Å².